The molecule has 0 fully saturated rings. The van der Waals surface area contributed by atoms with Crippen LogP contribution in [-0.4, -0.2) is 16.9 Å². The second-order valence-electron chi connectivity index (χ2n) is 4.09. The van der Waals surface area contributed by atoms with Crippen molar-refractivity contribution in [3.8, 4) is 0 Å². The zero-order valence-corrected chi connectivity index (χ0v) is 10.0. The van der Waals surface area contributed by atoms with Crippen molar-refractivity contribution in [1.82, 2.24) is 4.98 Å². The number of hydrogen-bond acceptors (Lipinski definition) is 3. The van der Waals surface area contributed by atoms with Crippen LogP contribution in [-0.2, 0) is 4.79 Å². The van der Waals surface area contributed by atoms with E-state index in [0.717, 1.165) is 17.7 Å². The van der Waals surface area contributed by atoms with Crippen molar-refractivity contribution in [1.29, 1.82) is 0 Å². The third-order valence-corrected chi connectivity index (χ3v) is 2.86. The van der Waals surface area contributed by atoms with Crippen molar-refractivity contribution in [2.45, 2.75) is 33.2 Å². The van der Waals surface area contributed by atoms with Gasteiger partial charge in [-0.2, -0.15) is 0 Å². The Bertz CT molecular complexity index is 365. The van der Waals surface area contributed by atoms with Crippen LogP contribution in [0.1, 0.15) is 25.8 Å². The molecule has 0 aromatic carbocycles. The van der Waals surface area contributed by atoms with Gasteiger partial charge in [-0.15, -0.1) is 0 Å². The van der Waals surface area contributed by atoms with E-state index in [1.807, 2.05) is 26.8 Å². The van der Waals surface area contributed by atoms with Gasteiger partial charge in [0.1, 0.15) is 0 Å². The molecule has 0 aliphatic rings. The molecular formula is C12H19N3O. The van der Waals surface area contributed by atoms with E-state index in [0.29, 0.717) is 0 Å². The molecule has 0 radical (unpaired) electrons. The lowest BCUT2D eigenvalue weighted by molar-refractivity contribution is -0.118. The summed E-state index contributed by atoms with van der Waals surface area (Å²) in [6.45, 7) is 5.92. The van der Waals surface area contributed by atoms with E-state index >= 15 is 0 Å². The maximum atomic E-state index is 11.8. The molecule has 4 nitrogen and oxygen atoms in total. The Balaban J connectivity index is 2.68. The van der Waals surface area contributed by atoms with Crippen LogP contribution < -0.4 is 11.1 Å². The average Bonchev–Trinajstić information content (AvgIpc) is 2.30. The number of aromatic nitrogens is 1. The Morgan fingerprint density at radius 2 is 2.31 bits per heavy atom. The molecule has 0 aliphatic heterocycles. The van der Waals surface area contributed by atoms with E-state index in [-0.39, 0.29) is 11.8 Å². The van der Waals surface area contributed by atoms with Gasteiger partial charge < -0.3 is 11.1 Å². The molecule has 2 atom stereocenters. The summed E-state index contributed by atoms with van der Waals surface area (Å²) in [5.74, 6) is 0.0300. The fourth-order valence-electron chi connectivity index (χ4n) is 1.32. The topological polar surface area (TPSA) is 68.0 Å². The minimum absolute atomic E-state index is 0.148. The third kappa shape index (κ3) is 3.03. The first-order valence-electron chi connectivity index (χ1n) is 5.53. The van der Waals surface area contributed by atoms with Crippen molar-refractivity contribution in [3.63, 3.8) is 0 Å². The zero-order chi connectivity index (χ0) is 12.1. The smallest absolute Gasteiger partial charge is 0.241 e. The minimum Gasteiger partial charge on any atom is -0.323 e. The summed E-state index contributed by atoms with van der Waals surface area (Å²) in [6.07, 6.45) is 4.22. The highest BCUT2D eigenvalue weighted by Crippen LogP contribution is 2.13. The van der Waals surface area contributed by atoms with Gasteiger partial charge in [0.2, 0.25) is 5.91 Å². The summed E-state index contributed by atoms with van der Waals surface area (Å²) >= 11 is 0. The molecule has 3 N–H and O–H groups in total. The van der Waals surface area contributed by atoms with Crippen molar-refractivity contribution < 1.29 is 4.79 Å². The van der Waals surface area contributed by atoms with E-state index in [9.17, 15) is 4.79 Å². The van der Waals surface area contributed by atoms with E-state index < -0.39 is 6.04 Å². The van der Waals surface area contributed by atoms with Crippen molar-refractivity contribution in [2.75, 3.05) is 5.32 Å². The van der Waals surface area contributed by atoms with Gasteiger partial charge in [0.25, 0.3) is 0 Å². The number of pyridine rings is 1. The predicted molar refractivity (Wildman–Crippen MR) is 65.0 cm³/mol. The van der Waals surface area contributed by atoms with Gasteiger partial charge in [-0.1, -0.05) is 20.3 Å². The van der Waals surface area contributed by atoms with Gasteiger partial charge in [-0.3, -0.25) is 9.78 Å². The third-order valence-electron chi connectivity index (χ3n) is 2.86. The van der Waals surface area contributed by atoms with Crippen LogP contribution in [0.5, 0.6) is 0 Å². The van der Waals surface area contributed by atoms with E-state index in [1.54, 1.807) is 12.4 Å². The first-order valence-corrected chi connectivity index (χ1v) is 5.53. The quantitative estimate of drug-likeness (QED) is 0.813. The number of nitrogens with one attached hydrogen (secondary N) is 1. The molecule has 1 heterocycles. The van der Waals surface area contributed by atoms with Crippen molar-refractivity contribution in [2.24, 2.45) is 11.7 Å². The number of anilines is 1. The van der Waals surface area contributed by atoms with Gasteiger partial charge >= 0.3 is 0 Å². The SMILES string of the molecule is CC[C@H](C)[C@H](N)C(=O)Nc1cnccc1C. The second kappa shape index (κ2) is 5.61. The van der Waals surface area contributed by atoms with Crippen LogP contribution in [0.3, 0.4) is 0 Å². The van der Waals surface area contributed by atoms with Crippen LogP contribution in [0.25, 0.3) is 0 Å². The molecular weight excluding hydrogens is 202 g/mol. The summed E-state index contributed by atoms with van der Waals surface area (Å²) in [4.78, 5) is 15.8. The standard InChI is InChI=1S/C12H19N3O/c1-4-8(2)11(13)12(16)15-10-7-14-6-5-9(10)3/h5-8,11H,4,13H2,1-3H3,(H,15,16)/t8-,11-/m0/s1. The summed E-state index contributed by atoms with van der Waals surface area (Å²) in [7, 11) is 0. The Morgan fingerprint density at radius 3 is 2.88 bits per heavy atom. The van der Waals surface area contributed by atoms with Crippen molar-refractivity contribution in [3.05, 3.63) is 24.0 Å². The molecule has 0 aliphatic carbocycles. The lowest BCUT2D eigenvalue weighted by atomic mass is 9.99. The minimum atomic E-state index is -0.468. The fourth-order valence-corrected chi connectivity index (χ4v) is 1.32. The Morgan fingerprint density at radius 1 is 1.62 bits per heavy atom. The molecule has 1 aromatic heterocycles. The summed E-state index contributed by atoms with van der Waals surface area (Å²) in [6, 6.07) is 1.38. The normalized spacial score (nSPS) is 14.2. The maximum absolute atomic E-state index is 11.8. The highest BCUT2D eigenvalue weighted by atomic mass is 16.2. The van der Waals surface area contributed by atoms with Crippen LogP contribution in [0.2, 0.25) is 0 Å². The van der Waals surface area contributed by atoms with Crippen LogP contribution in [0, 0.1) is 12.8 Å². The molecule has 0 saturated heterocycles. The Kier molecular flexibility index (Phi) is 4.43. The molecule has 16 heavy (non-hydrogen) atoms. The number of carbonyl (C=O) groups excluding carboxylic acids is 1. The number of aryl methyl sites for hydroxylation is 1. The molecule has 0 bridgehead atoms. The molecule has 88 valence electrons. The van der Waals surface area contributed by atoms with Gasteiger partial charge in [-0.05, 0) is 24.5 Å². The maximum Gasteiger partial charge on any atom is 0.241 e. The summed E-state index contributed by atoms with van der Waals surface area (Å²) < 4.78 is 0. The van der Waals surface area contributed by atoms with Gasteiger partial charge in [0, 0.05) is 6.20 Å². The molecule has 0 unspecified atom stereocenters. The lowest BCUT2D eigenvalue weighted by Gasteiger charge is -2.18. The first kappa shape index (κ1) is 12.6. The Hall–Kier alpha value is -1.42. The molecule has 1 rings (SSSR count). The highest BCUT2D eigenvalue weighted by molar-refractivity contribution is 5.95. The largest absolute Gasteiger partial charge is 0.323 e. The molecule has 0 spiro atoms. The average molecular weight is 221 g/mol. The second-order valence-corrected chi connectivity index (χ2v) is 4.09. The number of rotatable bonds is 4. The number of nitrogens with two attached hydrogens (primary N) is 1. The van der Waals surface area contributed by atoms with Gasteiger partial charge in [-0.25, -0.2) is 0 Å². The lowest BCUT2D eigenvalue weighted by Crippen LogP contribution is -2.40. The zero-order valence-electron chi connectivity index (χ0n) is 10.0. The van der Waals surface area contributed by atoms with Crippen LogP contribution in [0.4, 0.5) is 5.69 Å². The summed E-state index contributed by atoms with van der Waals surface area (Å²) in [5, 5.41) is 2.80. The molecule has 0 saturated carbocycles. The highest BCUT2D eigenvalue weighted by Gasteiger charge is 2.19. The predicted octanol–water partition coefficient (Wildman–Crippen LogP) is 1.70. The number of hydrogen-bond donors (Lipinski definition) is 2. The van der Waals surface area contributed by atoms with Crippen molar-refractivity contribution >= 4 is 11.6 Å². The number of carbonyl (C=O) groups is 1. The van der Waals surface area contributed by atoms with E-state index in [2.05, 4.69) is 10.3 Å². The number of nitrogens with zero attached hydrogens (tertiary/aromatic N) is 1. The van der Waals surface area contributed by atoms with E-state index in [1.165, 1.54) is 0 Å². The number of amides is 1. The summed E-state index contributed by atoms with van der Waals surface area (Å²) in [5.41, 5.74) is 7.55. The Labute approximate surface area is 96.3 Å². The van der Waals surface area contributed by atoms with Gasteiger partial charge in [0.05, 0.1) is 17.9 Å². The molecule has 4 heteroatoms. The first-order chi connectivity index (χ1) is 7.56. The molecule has 1 amide bonds. The van der Waals surface area contributed by atoms with Gasteiger partial charge in [0.15, 0.2) is 0 Å². The fraction of sp³-hybridized carbons (Fsp3) is 0.500. The molecule has 1 aromatic rings. The van der Waals surface area contributed by atoms with Crippen LogP contribution in [0.15, 0.2) is 18.5 Å². The van der Waals surface area contributed by atoms with Crippen LogP contribution >= 0.6 is 0 Å². The van der Waals surface area contributed by atoms with E-state index in [4.69, 9.17) is 5.73 Å². The monoisotopic (exact) mass is 221 g/mol.